The lowest BCUT2D eigenvalue weighted by Gasteiger charge is -2.10. The molecule has 1 heterocycles. The molecule has 0 radical (unpaired) electrons. The highest BCUT2D eigenvalue weighted by Gasteiger charge is 2.27. The highest BCUT2D eigenvalue weighted by Crippen LogP contribution is 2.29. The molecule has 0 amide bonds. The van der Waals surface area contributed by atoms with Crippen molar-refractivity contribution in [3.05, 3.63) is 21.0 Å². The van der Waals surface area contributed by atoms with E-state index in [0.717, 1.165) is 12.8 Å². The van der Waals surface area contributed by atoms with Gasteiger partial charge >= 0.3 is 5.51 Å². The van der Waals surface area contributed by atoms with Crippen LogP contribution in [-0.2, 0) is 6.54 Å². The molecule has 1 rings (SSSR count). The van der Waals surface area contributed by atoms with Gasteiger partial charge in [-0.15, -0.1) is 0 Å². The quantitative estimate of drug-likeness (QED) is 0.743. The Morgan fingerprint density at radius 2 is 2.20 bits per heavy atom. The van der Waals surface area contributed by atoms with Crippen molar-refractivity contribution in [3.63, 3.8) is 0 Å². The van der Waals surface area contributed by atoms with Gasteiger partial charge in [0.2, 0.25) is 0 Å². The number of thioether (sulfide) groups is 1. The normalized spacial score (nSPS) is 11.7. The number of hydrogen-bond donors (Lipinski definition) is 1. The number of halogens is 4. The van der Waals surface area contributed by atoms with Gasteiger partial charge in [-0.25, -0.2) is 4.68 Å². The molecular weight excluding hydrogens is 359 g/mol. The van der Waals surface area contributed by atoms with E-state index < -0.39 is 5.51 Å². The summed E-state index contributed by atoms with van der Waals surface area (Å²) in [4.78, 5) is 11.9. The number of rotatable bonds is 7. The van der Waals surface area contributed by atoms with Gasteiger partial charge in [0, 0.05) is 18.8 Å². The predicted molar refractivity (Wildman–Crippen MR) is 78.1 cm³/mol. The fraction of sp³-hybridized carbons (Fsp3) is 0.636. The Morgan fingerprint density at radius 3 is 2.80 bits per heavy atom. The van der Waals surface area contributed by atoms with Gasteiger partial charge < -0.3 is 5.32 Å². The Kier molecular flexibility index (Phi) is 6.87. The average Bonchev–Trinajstić information content (AvgIpc) is 2.37. The van der Waals surface area contributed by atoms with Crippen molar-refractivity contribution in [1.82, 2.24) is 9.78 Å². The molecule has 1 aromatic heterocycles. The van der Waals surface area contributed by atoms with Crippen molar-refractivity contribution >= 4 is 33.4 Å². The molecule has 0 saturated carbocycles. The molecule has 0 aromatic carbocycles. The smallest absolute Gasteiger partial charge is 0.382 e. The zero-order chi connectivity index (χ0) is 15.2. The van der Waals surface area contributed by atoms with Gasteiger partial charge in [-0.05, 0) is 34.1 Å². The van der Waals surface area contributed by atoms with Crippen LogP contribution in [0.4, 0.5) is 18.9 Å². The van der Waals surface area contributed by atoms with Crippen LogP contribution in [0, 0.1) is 0 Å². The van der Waals surface area contributed by atoms with E-state index in [1.165, 1.54) is 10.9 Å². The number of nitrogens with one attached hydrogen (secondary N) is 1. The van der Waals surface area contributed by atoms with Crippen molar-refractivity contribution in [2.45, 2.75) is 31.8 Å². The first-order valence-electron chi connectivity index (χ1n) is 6.05. The van der Waals surface area contributed by atoms with Gasteiger partial charge in [0.25, 0.3) is 5.56 Å². The third kappa shape index (κ3) is 5.74. The van der Waals surface area contributed by atoms with E-state index in [1.807, 2.05) is 6.92 Å². The number of aromatic nitrogens is 2. The molecular formula is C11H15BrF3N3OS. The van der Waals surface area contributed by atoms with Crippen LogP contribution in [0.25, 0.3) is 0 Å². The number of anilines is 1. The zero-order valence-electron chi connectivity index (χ0n) is 10.8. The molecule has 1 N–H and O–H groups in total. The molecule has 4 nitrogen and oxygen atoms in total. The summed E-state index contributed by atoms with van der Waals surface area (Å²) in [7, 11) is 0. The number of unbranched alkanes of at least 4 members (excludes halogenated alkanes) is 1. The van der Waals surface area contributed by atoms with Crippen LogP contribution in [0.15, 0.2) is 15.5 Å². The Hall–Kier alpha value is -0.700. The second-order valence-electron chi connectivity index (χ2n) is 3.98. The number of alkyl halides is 3. The van der Waals surface area contributed by atoms with Crippen LogP contribution in [0.1, 0.15) is 19.8 Å². The lowest BCUT2D eigenvalue weighted by molar-refractivity contribution is -0.0327. The maximum atomic E-state index is 12.0. The predicted octanol–water partition coefficient (Wildman–Crippen LogP) is 3.47. The zero-order valence-corrected chi connectivity index (χ0v) is 13.2. The molecule has 0 aliphatic carbocycles. The van der Waals surface area contributed by atoms with Crippen LogP contribution in [-0.4, -0.2) is 27.6 Å². The van der Waals surface area contributed by atoms with Crippen molar-refractivity contribution in [1.29, 1.82) is 0 Å². The standard InChI is InChI=1S/C11H15BrF3N3OS/c1-2-3-5-18-10(19)9(12)8(7-17-18)16-4-6-20-11(13,14)15/h7,16H,2-6H2,1H3. The summed E-state index contributed by atoms with van der Waals surface area (Å²) in [6.45, 7) is 2.63. The van der Waals surface area contributed by atoms with E-state index in [1.54, 1.807) is 0 Å². The summed E-state index contributed by atoms with van der Waals surface area (Å²) in [6.07, 6.45) is 3.23. The molecule has 9 heteroatoms. The molecule has 0 bridgehead atoms. The maximum absolute atomic E-state index is 12.0. The van der Waals surface area contributed by atoms with Gasteiger partial charge in [0.05, 0.1) is 11.9 Å². The lowest BCUT2D eigenvalue weighted by atomic mass is 10.3. The fourth-order valence-corrected chi connectivity index (χ4v) is 2.29. The van der Waals surface area contributed by atoms with Gasteiger partial charge in [-0.1, -0.05) is 13.3 Å². The lowest BCUT2D eigenvalue weighted by Crippen LogP contribution is -2.25. The molecule has 1 aromatic rings. The van der Waals surface area contributed by atoms with Crippen molar-refractivity contribution < 1.29 is 13.2 Å². The molecule has 0 atom stereocenters. The molecule has 0 aliphatic heterocycles. The summed E-state index contributed by atoms with van der Waals surface area (Å²) in [5, 5.41) is 6.75. The SMILES string of the molecule is CCCCn1ncc(NCCSC(F)(F)F)c(Br)c1=O. The van der Waals surface area contributed by atoms with Gasteiger partial charge in [-0.3, -0.25) is 4.79 Å². The van der Waals surface area contributed by atoms with Crippen LogP contribution < -0.4 is 10.9 Å². The minimum atomic E-state index is -4.24. The van der Waals surface area contributed by atoms with Crippen LogP contribution >= 0.6 is 27.7 Å². The van der Waals surface area contributed by atoms with Gasteiger partial charge in [0.1, 0.15) is 4.47 Å². The summed E-state index contributed by atoms with van der Waals surface area (Å²) in [5.74, 6) is -0.130. The summed E-state index contributed by atoms with van der Waals surface area (Å²) >= 11 is 3.05. The third-order valence-electron chi connectivity index (χ3n) is 2.39. The molecule has 0 unspecified atom stereocenters. The first-order chi connectivity index (χ1) is 9.35. The van der Waals surface area contributed by atoms with Crippen LogP contribution in [0.2, 0.25) is 0 Å². The molecule has 0 fully saturated rings. The van der Waals surface area contributed by atoms with Crippen LogP contribution in [0.3, 0.4) is 0 Å². The molecule has 20 heavy (non-hydrogen) atoms. The minimum absolute atomic E-state index is 0.100. The monoisotopic (exact) mass is 373 g/mol. The summed E-state index contributed by atoms with van der Waals surface area (Å²) < 4.78 is 37.5. The fourth-order valence-electron chi connectivity index (χ4n) is 1.41. The Morgan fingerprint density at radius 1 is 1.50 bits per heavy atom. The summed E-state index contributed by atoms with van der Waals surface area (Å²) in [6, 6.07) is 0. The highest BCUT2D eigenvalue weighted by molar-refractivity contribution is 9.10. The number of hydrogen-bond acceptors (Lipinski definition) is 4. The Balaban J connectivity index is 2.59. The van der Waals surface area contributed by atoms with Gasteiger partial charge in [0.15, 0.2) is 0 Å². The topological polar surface area (TPSA) is 46.9 Å². The first kappa shape index (κ1) is 17.4. The number of nitrogens with zero attached hydrogens (tertiary/aromatic N) is 2. The van der Waals surface area contributed by atoms with Crippen molar-refractivity contribution in [2.75, 3.05) is 17.6 Å². The molecule has 114 valence electrons. The number of aryl methyl sites for hydroxylation is 1. The third-order valence-corrected chi connectivity index (χ3v) is 3.89. The molecule has 0 spiro atoms. The van der Waals surface area contributed by atoms with E-state index in [-0.39, 0.29) is 29.6 Å². The Bertz CT molecular complexity index is 493. The van der Waals surface area contributed by atoms with E-state index >= 15 is 0 Å². The van der Waals surface area contributed by atoms with Crippen molar-refractivity contribution in [2.24, 2.45) is 0 Å². The highest BCUT2D eigenvalue weighted by atomic mass is 79.9. The van der Waals surface area contributed by atoms with Crippen LogP contribution in [0.5, 0.6) is 0 Å². The second kappa shape index (κ2) is 7.92. The largest absolute Gasteiger partial charge is 0.441 e. The van der Waals surface area contributed by atoms with Crippen molar-refractivity contribution in [3.8, 4) is 0 Å². The summed E-state index contributed by atoms with van der Waals surface area (Å²) in [5.41, 5.74) is -4.11. The second-order valence-corrected chi connectivity index (χ2v) is 5.93. The first-order valence-corrected chi connectivity index (χ1v) is 7.83. The van der Waals surface area contributed by atoms with E-state index in [2.05, 4.69) is 26.3 Å². The molecule has 0 saturated heterocycles. The molecule has 0 aliphatic rings. The van der Waals surface area contributed by atoms with Gasteiger partial charge in [-0.2, -0.15) is 18.3 Å². The Labute approximate surface area is 127 Å². The minimum Gasteiger partial charge on any atom is -0.382 e. The van der Waals surface area contributed by atoms with E-state index in [9.17, 15) is 18.0 Å². The van der Waals surface area contributed by atoms with E-state index in [0.29, 0.717) is 16.7 Å². The average molecular weight is 374 g/mol. The van der Waals surface area contributed by atoms with E-state index in [4.69, 9.17) is 0 Å². The maximum Gasteiger partial charge on any atom is 0.441 e.